The van der Waals surface area contributed by atoms with Crippen LogP contribution >= 0.6 is 0 Å². The Labute approximate surface area is 164 Å². The van der Waals surface area contributed by atoms with Crippen LogP contribution < -0.4 is 20.1 Å². The molecule has 28 heavy (non-hydrogen) atoms. The van der Waals surface area contributed by atoms with Gasteiger partial charge in [-0.3, -0.25) is 9.79 Å². The third-order valence-corrected chi connectivity index (χ3v) is 4.35. The summed E-state index contributed by atoms with van der Waals surface area (Å²) in [5.74, 6) is 0.662. The molecule has 0 saturated carbocycles. The Morgan fingerprint density at radius 2 is 2.00 bits per heavy atom. The fourth-order valence-electron chi connectivity index (χ4n) is 3.01. The highest BCUT2D eigenvalue weighted by Gasteiger charge is 2.18. The highest BCUT2D eigenvalue weighted by molar-refractivity contribution is 5.86. The van der Waals surface area contributed by atoms with Gasteiger partial charge in [0.25, 0.3) is 0 Å². The van der Waals surface area contributed by atoms with Crippen LogP contribution in [0.5, 0.6) is 11.5 Å². The molecule has 156 valence electrons. The largest absolute Gasteiger partial charge is 0.490 e. The smallest absolute Gasteiger partial charge is 0.387 e. The summed E-state index contributed by atoms with van der Waals surface area (Å²) in [6.07, 6.45) is 3.22. The lowest BCUT2D eigenvalue weighted by atomic mass is 10.1. The predicted molar refractivity (Wildman–Crippen MR) is 103 cm³/mol. The number of nitrogens with zero attached hydrogens (tertiary/aromatic N) is 2. The number of aliphatic imine (C=N–C) groups is 1. The quantitative estimate of drug-likeness (QED) is 0.519. The summed E-state index contributed by atoms with van der Waals surface area (Å²) in [7, 11) is 1.58. The number of piperidine rings is 1. The van der Waals surface area contributed by atoms with E-state index >= 15 is 0 Å². The number of carbonyl (C=O) groups excluding carboxylic acids is 1. The number of likely N-dealkylation sites (tertiary alicyclic amines) is 1. The second-order valence-electron chi connectivity index (χ2n) is 6.28. The van der Waals surface area contributed by atoms with Crippen LogP contribution in [0.1, 0.15) is 31.7 Å². The molecule has 0 bridgehead atoms. The lowest BCUT2D eigenvalue weighted by Gasteiger charge is -2.27. The molecule has 0 spiro atoms. The van der Waals surface area contributed by atoms with Crippen LogP contribution in [-0.2, 0) is 11.3 Å². The van der Waals surface area contributed by atoms with Crippen molar-refractivity contribution in [2.24, 2.45) is 4.99 Å². The molecule has 1 saturated heterocycles. The van der Waals surface area contributed by atoms with Gasteiger partial charge >= 0.3 is 6.61 Å². The van der Waals surface area contributed by atoms with Crippen LogP contribution in [0.25, 0.3) is 0 Å². The van der Waals surface area contributed by atoms with Crippen LogP contribution in [0.4, 0.5) is 8.78 Å². The van der Waals surface area contributed by atoms with Crippen LogP contribution in [0.3, 0.4) is 0 Å². The monoisotopic (exact) mass is 398 g/mol. The first-order valence-corrected chi connectivity index (χ1v) is 9.47. The molecular weight excluding hydrogens is 370 g/mol. The average Bonchev–Trinajstić information content (AvgIpc) is 2.70. The predicted octanol–water partition coefficient (Wildman–Crippen LogP) is 2.36. The summed E-state index contributed by atoms with van der Waals surface area (Å²) in [6, 6.07) is 4.95. The Bertz CT molecular complexity index is 665. The topological polar surface area (TPSA) is 75.2 Å². The van der Waals surface area contributed by atoms with E-state index in [2.05, 4.69) is 20.4 Å². The Hall–Kier alpha value is -2.58. The number of amides is 1. The zero-order valence-corrected chi connectivity index (χ0v) is 16.3. The van der Waals surface area contributed by atoms with E-state index in [4.69, 9.17) is 4.74 Å². The molecule has 0 radical (unpaired) electrons. The molecule has 9 heteroatoms. The van der Waals surface area contributed by atoms with Gasteiger partial charge in [-0.2, -0.15) is 8.78 Å². The molecule has 1 amide bonds. The van der Waals surface area contributed by atoms with E-state index in [1.54, 1.807) is 32.2 Å². The first-order valence-electron chi connectivity index (χ1n) is 9.47. The van der Waals surface area contributed by atoms with Crippen molar-refractivity contribution in [3.63, 3.8) is 0 Å². The maximum Gasteiger partial charge on any atom is 0.387 e. The summed E-state index contributed by atoms with van der Waals surface area (Å²) < 4.78 is 35.6. The van der Waals surface area contributed by atoms with E-state index in [-0.39, 0.29) is 30.5 Å². The molecule has 0 aromatic heterocycles. The second-order valence-corrected chi connectivity index (χ2v) is 6.28. The number of hydrogen-bond donors (Lipinski definition) is 2. The third kappa shape index (κ3) is 6.54. The molecule has 0 unspecified atom stereocenters. The molecule has 7 nitrogen and oxygen atoms in total. The van der Waals surface area contributed by atoms with Crippen LogP contribution in [0, 0.1) is 0 Å². The van der Waals surface area contributed by atoms with Gasteiger partial charge in [-0.25, -0.2) is 0 Å². The van der Waals surface area contributed by atoms with Crippen molar-refractivity contribution >= 4 is 11.9 Å². The lowest BCUT2D eigenvalue weighted by molar-refractivity contribution is -0.130. The minimum Gasteiger partial charge on any atom is -0.490 e. The van der Waals surface area contributed by atoms with Crippen LogP contribution in [0.15, 0.2) is 23.2 Å². The van der Waals surface area contributed by atoms with E-state index in [0.29, 0.717) is 18.1 Å². The van der Waals surface area contributed by atoms with Gasteiger partial charge in [0.15, 0.2) is 17.5 Å². The van der Waals surface area contributed by atoms with Crippen molar-refractivity contribution in [2.45, 2.75) is 39.3 Å². The van der Waals surface area contributed by atoms with Gasteiger partial charge in [-0.05, 0) is 32.3 Å². The number of hydrogen-bond acceptors (Lipinski definition) is 4. The lowest BCUT2D eigenvalue weighted by Crippen LogP contribution is -2.45. The molecule has 1 heterocycles. The number of carbonyl (C=O) groups is 1. The fraction of sp³-hybridized carbons (Fsp3) is 0.579. The number of nitrogens with one attached hydrogen (secondary N) is 2. The minimum atomic E-state index is -2.96. The molecule has 0 aliphatic carbocycles. The van der Waals surface area contributed by atoms with Crippen LogP contribution in [0.2, 0.25) is 0 Å². The third-order valence-electron chi connectivity index (χ3n) is 4.35. The molecule has 1 aliphatic rings. The number of guanidine groups is 1. The number of alkyl halides is 2. The van der Waals surface area contributed by atoms with Gasteiger partial charge in [0.1, 0.15) is 0 Å². The molecular formula is C19H28F2N4O3. The van der Waals surface area contributed by atoms with Crippen molar-refractivity contribution < 1.29 is 23.0 Å². The van der Waals surface area contributed by atoms with Crippen molar-refractivity contribution in [1.82, 2.24) is 15.5 Å². The Balaban J connectivity index is 1.95. The highest BCUT2D eigenvalue weighted by Crippen LogP contribution is 2.32. The maximum absolute atomic E-state index is 12.8. The Morgan fingerprint density at radius 3 is 2.64 bits per heavy atom. The SMILES string of the molecule is CCOc1cccc(CNC(=NC)NCC(=O)N2CCCCC2)c1OC(F)F. The molecule has 0 atom stereocenters. The zero-order chi connectivity index (χ0) is 20.4. The molecule has 1 aromatic carbocycles. The molecule has 2 N–H and O–H groups in total. The van der Waals surface area contributed by atoms with Gasteiger partial charge in [0, 0.05) is 32.2 Å². The molecule has 1 aromatic rings. The fourth-order valence-corrected chi connectivity index (χ4v) is 3.01. The van der Waals surface area contributed by atoms with Crippen molar-refractivity contribution in [1.29, 1.82) is 0 Å². The number of halogens is 2. The zero-order valence-electron chi connectivity index (χ0n) is 16.3. The summed E-state index contributed by atoms with van der Waals surface area (Å²) in [5, 5.41) is 5.98. The Kier molecular flexibility index (Phi) is 8.77. The van der Waals surface area contributed by atoms with E-state index in [0.717, 1.165) is 32.4 Å². The van der Waals surface area contributed by atoms with Gasteiger partial charge in [0.2, 0.25) is 5.91 Å². The summed E-state index contributed by atoms with van der Waals surface area (Å²) in [6.45, 7) is 1.01. The summed E-state index contributed by atoms with van der Waals surface area (Å²) in [5.41, 5.74) is 0.497. The van der Waals surface area contributed by atoms with E-state index < -0.39 is 6.61 Å². The average molecular weight is 398 g/mol. The molecule has 1 fully saturated rings. The van der Waals surface area contributed by atoms with E-state index in [1.807, 2.05) is 4.90 Å². The minimum absolute atomic E-state index is 0.00769. The van der Waals surface area contributed by atoms with E-state index in [1.165, 1.54) is 0 Å². The van der Waals surface area contributed by atoms with Gasteiger partial charge in [-0.15, -0.1) is 0 Å². The van der Waals surface area contributed by atoms with E-state index in [9.17, 15) is 13.6 Å². The van der Waals surface area contributed by atoms with Crippen LogP contribution in [-0.4, -0.2) is 56.7 Å². The highest BCUT2D eigenvalue weighted by atomic mass is 19.3. The van der Waals surface area contributed by atoms with Crippen molar-refractivity contribution in [2.75, 3.05) is 33.3 Å². The normalized spacial score (nSPS) is 14.8. The van der Waals surface area contributed by atoms with Crippen molar-refractivity contribution in [3.05, 3.63) is 23.8 Å². The maximum atomic E-state index is 12.8. The summed E-state index contributed by atoms with van der Waals surface area (Å²) >= 11 is 0. The molecule has 2 rings (SSSR count). The van der Waals surface area contributed by atoms with Gasteiger partial charge < -0.3 is 25.0 Å². The number of ether oxygens (including phenoxy) is 2. The number of benzene rings is 1. The number of rotatable bonds is 8. The van der Waals surface area contributed by atoms with Gasteiger partial charge in [-0.1, -0.05) is 12.1 Å². The molecule has 1 aliphatic heterocycles. The summed E-state index contributed by atoms with van der Waals surface area (Å²) in [4.78, 5) is 18.2. The second kappa shape index (κ2) is 11.3. The van der Waals surface area contributed by atoms with Crippen molar-refractivity contribution in [3.8, 4) is 11.5 Å². The Morgan fingerprint density at radius 1 is 1.25 bits per heavy atom. The standard InChI is InChI=1S/C19H28F2N4O3/c1-3-27-15-9-7-8-14(17(15)28-18(20)21)12-23-19(22-2)24-13-16(26)25-10-5-4-6-11-25/h7-9,18H,3-6,10-13H2,1-2H3,(H2,22,23,24). The number of para-hydroxylation sites is 1. The first-order chi connectivity index (χ1) is 13.5. The first kappa shape index (κ1) is 21.7. The van der Waals surface area contributed by atoms with Gasteiger partial charge in [0.05, 0.1) is 13.2 Å².